The molecule has 3 rings (SSSR count). The Morgan fingerprint density at radius 3 is 2.49 bits per heavy atom. The molecule has 182 valence electrons. The first-order valence-electron chi connectivity index (χ1n) is 11.0. The van der Waals surface area contributed by atoms with Gasteiger partial charge >= 0.3 is 0 Å². The van der Waals surface area contributed by atoms with Crippen molar-refractivity contribution in [3.8, 4) is 22.6 Å². The topological polar surface area (TPSA) is 77.4 Å². The zero-order chi connectivity index (χ0) is 25.7. The largest absolute Gasteiger partial charge is 0.454 e. The summed E-state index contributed by atoms with van der Waals surface area (Å²) in [5.74, 6) is -1.98. The van der Waals surface area contributed by atoms with Gasteiger partial charge in [-0.15, -0.1) is 0 Å². The molecular weight excluding hydrogens is 454 g/mol. The quantitative estimate of drug-likeness (QED) is 0.416. The molecule has 0 atom stereocenters. The number of nitrogens with one attached hydrogen (secondary N) is 1. The van der Waals surface area contributed by atoms with Gasteiger partial charge in [0.1, 0.15) is 17.3 Å². The summed E-state index contributed by atoms with van der Waals surface area (Å²) in [6, 6.07) is 9.20. The lowest BCUT2D eigenvalue weighted by atomic mass is 9.98. The lowest BCUT2D eigenvalue weighted by molar-refractivity contribution is -0.119. The second kappa shape index (κ2) is 10.9. The van der Waals surface area contributed by atoms with E-state index in [0.29, 0.717) is 34.9 Å². The number of Topliss-reactive ketones (excluding diaryl/α,β-unsaturated/α-hetero) is 1. The number of nitrogens with zero attached hydrogens (tertiary/aromatic N) is 1. The Balaban J connectivity index is 2.11. The van der Waals surface area contributed by atoms with Gasteiger partial charge in [-0.05, 0) is 48.4 Å². The summed E-state index contributed by atoms with van der Waals surface area (Å²) in [6.45, 7) is 7.28. The maximum absolute atomic E-state index is 14.3. The fourth-order valence-electron chi connectivity index (χ4n) is 3.59. The van der Waals surface area contributed by atoms with E-state index in [9.17, 15) is 23.2 Å². The Morgan fingerprint density at radius 2 is 1.83 bits per heavy atom. The summed E-state index contributed by atoms with van der Waals surface area (Å²) in [7, 11) is 1.56. The Labute approximate surface area is 201 Å². The van der Waals surface area contributed by atoms with Gasteiger partial charge in [-0.2, -0.15) is 0 Å². The molecule has 1 aromatic heterocycles. The molecule has 0 aliphatic carbocycles. The molecule has 1 N–H and O–H groups in total. The van der Waals surface area contributed by atoms with E-state index >= 15 is 0 Å². The summed E-state index contributed by atoms with van der Waals surface area (Å²) in [4.78, 5) is 36.9. The van der Waals surface area contributed by atoms with Crippen molar-refractivity contribution in [2.24, 2.45) is 13.0 Å². The van der Waals surface area contributed by atoms with Crippen molar-refractivity contribution in [1.29, 1.82) is 0 Å². The maximum atomic E-state index is 14.3. The highest BCUT2D eigenvalue weighted by atomic mass is 19.1. The van der Waals surface area contributed by atoms with Crippen LogP contribution in [0.1, 0.15) is 25.8 Å². The number of rotatable bonds is 9. The number of carbonyl (C=O) groups excluding carboxylic acids is 2. The van der Waals surface area contributed by atoms with Crippen molar-refractivity contribution in [3.05, 3.63) is 88.9 Å². The molecule has 0 aliphatic heterocycles. The number of aryl methyl sites for hydroxylation is 1. The Kier molecular flexibility index (Phi) is 7.96. The number of aromatic nitrogens is 1. The highest BCUT2D eigenvalue weighted by Gasteiger charge is 2.17. The third-order valence-electron chi connectivity index (χ3n) is 5.14. The molecule has 0 aliphatic rings. The van der Waals surface area contributed by atoms with Crippen molar-refractivity contribution < 1.29 is 23.1 Å². The second-order valence-electron chi connectivity index (χ2n) is 8.56. The van der Waals surface area contributed by atoms with Gasteiger partial charge in [0, 0.05) is 54.5 Å². The lowest BCUT2D eigenvalue weighted by Crippen LogP contribution is -2.23. The van der Waals surface area contributed by atoms with Crippen molar-refractivity contribution in [3.63, 3.8) is 0 Å². The lowest BCUT2D eigenvalue weighted by Gasteiger charge is -2.16. The van der Waals surface area contributed by atoms with Gasteiger partial charge in [-0.25, -0.2) is 8.78 Å². The average Bonchev–Trinajstić information content (AvgIpc) is 2.78. The standard InChI is InChI=1S/C27H26F2N2O4/c1-5-26(33)30-20-7-9-24(35-25-8-6-19(28)13-23(25)29)22(14-20)18-11-17(27(34)31(4)15-18)12-21(32)10-16(2)3/h5-9,11,13-16H,1,10,12H2,2-4H3,(H,30,33). The highest BCUT2D eigenvalue weighted by Crippen LogP contribution is 2.36. The van der Waals surface area contributed by atoms with Gasteiger partial charge in [-0.3, -0.25) is 14.4 Å². The number of ketones is 1. The van der Waals surface area contributed by atoms with Crippen molar-refractivity contribution in [2.75, 3.05) is 5.32 Å². The van der Waals surface area contributed by atoms with Crippen molar-refractivity contribution >= 4 is 17.4 Å². The summed E-state index contributed by atoms with van der Waals surface area (Å²) >= 11 is 0. The van der Waals surface area contributed by atoms with E-state index in [4.69, 9.17) is 4.74 Å². The number of carbonyl (C=O) groups is 2. The molecule has 8 heteroatoms. The van der Waals surface area contributed by atoms with Crippen LogP contribution in [-0.4, -0.2) is 16.3 Å². The summed E-state index contributed by atoms with van der Waals surface area (Å²) in [5, 5.41) is 2.65. The van der Waals surface area contributed by atoms with Gasteiger partial charge in [0.25, 0.3) is 5.56 Å². The fraction of sp³-hybridized carbons (Fsp3) is 0.222. The number of halogens is 2. The van der Waals surface area contributed by atoms with Crippen LogP contribution < -0.4 is 15.6 Å². The van der Waals surface area contributed by atoms with Gasteiger partial charge in [0.05, 0.1) is 0 Å². The molecule has 0 saturated carbocycles. The predicted molar refractivity (Wildman–Crippen MR) is 131 cm³/mol. The van der Waals surface area contributed by atoms with E-state index in [1.807, 2.05) is 13.8 Å². The molecule has 1 heterocycles. The number of hydrogen-bond donors (Lipinski definition) is 1. The first kappa shape index (κ1) is 25.6. The van der Waals surface area contributed by atoms with Crippen LogP contribution in [0.3, 0.4) is 0 Å². The van der Waals surface area contributed by atoms with Gasteiger partial charge in [-0.1, -0.05) is 20.4 Å². The SMILES string of the molecule is C=CC(=O)Nc1ccc(Oc2ccc(F)cc2F)c(-c2cc(CC(=O)CC(C)C)c(=O)n(C)c2)c1. The summed E-state index contributed by atoms with van der Waals surface area (Å²) in [5.41, 5.74) is 1.32. The number of benzene rings is 2. The third kappa shape index (κ3) is 6.50. The third-order valence-corrected chi connectivity index (χ3v) is 5.14. The maximum Gasteiger partial charge on any atom is 0.253 e. The number of ether oxygens (including phenoxy) is 1. The molecule has 2 aromatic carbocycles. The molecule has 0 fully saturated rings. The Morgan fingerprint density at radius 1 is 1.11 bits per heavy atom. The van der Waals surface area contributed by atoms with Crippen LogP contribution in [0.25, 0.3) is 11.1 Å². The smallest absolute Gasteiger partial charge is 0.253 e. The Hall–Kier alpha value is -4.07. The molecule has 0 radical (unpaired) electrons. The van der Waals surface area contributed by atoms with Crippen LogP contribution >= 0.6 is 0 Å². The van der Waals surface area contributed by atoms with Crippen LogP contribution in [0.5, 0.6) is 11.5 Å². The van der Waals surface area contributed by atoms with E-state index in [-0.39, 0.29) is 35.2 Å². The van der Waals surface area contributed by atoms with Crippen molar-refractivity contribution in [1.82, 2.24) is 4.57 Å². The number of pyridine rings is 1. The zero-order valence-electron chi connectivity index (χ0n) is 19.7. The van der Waals surface area contributed by atoms with Crippen LogP contribution in [0, 0.1) is 17.6 Å². The molecule has 6 nitrogen and oxygen atoms in total. The number of amides is 1. The average molecular weight is 481 g/mol. The van der Waals surface area contributed by atoms with E-state index < -0.39 is 17.5 Å². The molecule has 0 bridgehead atoms. The molecule has 1 amide bonds. The van der Waals surface area contributed by atoms with Crippen LogP contribution in [0.15, 0.2) is 66.1 Å². The van der Waals surface area contributed by atoms with Crippen molar-refractivity contribution in [2.45, 2.75) is 26.7 Å². The van der Waals surface area contributed by atoms with Gasteiger partial charge in [0.2, 0.25) is 5.91 Å². The summed E-state index contributed by atoms with van der Waals surface area (Å²) < 4.78 is 34.7. The van der Waals surface area contributed by atoms with E-state index in [0.717, 1.165) is 12.1 Å². The second-order valence-corrected chi connectivity index (χ2v) is 8.56. The first-order valence-corrected chi connectivity index (χ1v) is 11.0. The minimum absolute atomic E-state index is 0.0334. The fourth-order valence-corrected chi connectivity index (χ4v) is 3.59. The monoisotopic (exact) mass is 480 g/mol. The highest BCUT2D eigenvalue weighted by molar-refractivity contribution is 5.99. The normalized spacial score (nSPS) is 10.8. The van der Waals surface area contributed by atoms with Gasteiger partial charge < -0.3 is 14.6 Å². The van der Waals surface area contributed by atoms with Crippen LogP contribution in [0.2, 0.25) is 0 Å². The number of anilines is 1. The van der Waals surface area contributed by atoms with E-state index in [2.05, 4.69) is 11.9 Å². The molecule has 3 aromatic rings. The van der Waals surface area contributed by atoms with E-state index in [1.165, 1.54) is 16.7 Å². The van der Waals surface area contributed by atoms with Crippen LogP contribution in [0.4, 0.5) is 14.5 Å². The minimum atomic E-state index is -0.889. The molecule has 0 saturated heterocycles. The van der Waals surface area contributed by atoms with Gasteiger partial charge in [0.15, 0.2) is 11.6 Å². The van der Waals surface area contributed by atoms with E-state index in [1.54, 1.807) is 31.4 Å². The summed E-state index contributed by atoms with van der Waals surface area (Å²) in [6.07, 6.45) is 2.98. The zero-order valence-corrected chi connectivity index (χ0v) is 19.7. The molecular formula is C27H26F2N2O4. The predicted octanol–water partition coefficient (Wildman–Crippen LogP) is 5.41. The molecule has 35 heavy (non-hydrogen) atoms. The molecule has 0 spiro atoms. The number of hydrogen-bond acceptors (Lipinski definition) is 4. The molecule has 0 unspecified atom stereocenters. The Bertz CT molecular complexity index is 1350. The minimum Gasteiger partial charge on any atom is -0.454 e. The van der Waals surface area contributed by atoms with Crippen LogP contribution in [-0.2, 0) is 23.1 Å². The first-order chi connectivity index (χ1) is 16.6.